The minimum Gasteiger partial charge on any atom is -0.352 e. The van der Waals surface area contributed by atoms with Crippen LogP contribution in [0.2, 0.25) is 0 Å². The first kappa shape index (κ1) is 19.1. The number of nitrogens with one attached hydrogen (secondary N) is 1. The zero-order chi connectivity index (χ0) is 18.9. The van der Waals surface area contributed by atoms with Gasteiger partial charge in [0.05, 0.1) is 0 Å². The molecule has 2 aromatic rings. The van der Waals surface area contributed by atoms with E-state index in [1.807, 2.05) is 18.2 Å². The first-order valence-electron chi connectivity index (χ1n) is 8.38. The van der Waals surface area contributed by atoms with Crippen LogP contribution in [0.4, 0.5) is 5.69 Å². The van der Waals surface area contributed by atoms with Crippen LogP contribution in [-0.4, -0.2) is 31.2 Å². The number of carbonyl (C=O) groups excluding carboxylic acids is 3. The third-order valence-electron chi connectivity index (χ3n) is 3.85. The maximum Gasteiger partial charge on any atom is 0.246 e. The Morgan fingerprint density at radius 1 is 1.08 bits per heavy atom. The summed E-state index contributed by atoms with van der Waals surface area (Å²) in [5, 5.41) is 2.73. The fourth-order valence-electron chi connectivity index (χ4n) is 2.43. The van der Waals surface area contributed by atoms with Crippen molar-refractivity contribution in [3.05, 3.63) is 77.9 Å². The van der Waals surface area contributed by atoms with E-state index in [0.717, 1.165) is 6.41 Å². The van der Waals surface area contributed by atoms with Crippen molar-refractivity contribution >= 4 is 23.8 Å². The maximum absolute atomic E-state index is 12.5. The molecule has 5 heteroatoms. The predicted molar refractivity (Wildman–Crippen MR) is 102 cm³/mol. The lowest BCUT2D eigenvalue weighted by Gasteiger charge is -2.18. The molecule has 0 atom stereocenters. The van der Waals surface area contributed by atoms with Gasteiger partial charge >= 0.3 is 0 Å². The van der Waals surface area contributed by atoms with Crippen LogP contribution in [0.5, 0.6) is 0 Å². The fourth-order valence-corrected chi connectivity index (χ4v) is 2.43. The number of hydrogen-bond acceptors (Lipinski definition) is 3. The van der Waals surface area contributed by atoms with Gasteiger partial charge in [-0.3, -0.25) is 14.4 Å². The van der Waals surface area contributed by atoms with Gasteiger partial charge in [-0.05, 0) is 25.5 Å². The summed E-state index contributed by atoms with van der Waals surface area (Å²) >= 11 is 0. The molecule has 134 valence electrons. The summed E-state index contributed by atoms with van der Waals surface area (Å²) in [6.07, 6.45) is 1.32. The lowest BCUT2D eigenvalue weighted by molar-refractivity contribution is -0.117. The molecular weight excluding hydrogens is 328 g/mol. The number of ketones is 1. The molecule has 0 aromatic heterocycles. The van der Waals surface area contributed by atoms with Crippen molar-refractivity contribution < 1.29 is 14.4 Å². The first-order valence-corrected chi connectivity index (χ1v) is 8.38. The minimum atomic E-state index is -0.196. The lowest BCUT2D eigenvalue weighted by atomic mass is 10.0. The maximum atomic E-state index is 12.5. The first-order chi connectivity index (χ1) is 12.5. The number of carbonyl (C=O) groups is 3. The van der Waals surface area contributed by atoms with E-state index in [4.69, 9.17) is 0 Å². The SMILES string of the molecule is C=C(C)C(=O)NCCCN(C=O)c1cccc(C(=O)c2ccccc2)c1. The molecule has 1 N–H and O–H groups in total. The summed E-state index contributed by atoms with van der Waals surface area (Å²) in [6, 6.07) is 16.0. The van der Waals surface area contributed by atoms with Crippen LogP contribution in [-0.2, 0) is 9.59 Å². The van der Waals surface area contributed by atoms with Crippen LogP contribution >= 0.6 is 0 Å². The molecule has 0 aliphatic heterocycles. The highest BCUT2D eigenvalue weighted by Gasteiger charge is 2.12. The largest absolute Gasteiger partial charge is 0.352 e. The average molecular weight is 350 g/mol. The highest BCUT2D eigenvalue weighted by molar-refractivity contribution is 6.09. The lowest BCUT2D eigenvalue weighted by Crippen LogP contribution is -2.29. The molecule has 2 aromatic carbocycles. The van der Waals surface area contributed by atoms with Gasteiger partial charge in [0.25, 0.3) is 0 Å². The van der Waals surface area contributed by atoms with E-state index in [1.165, 1.54) is 4.90 Å². The van der Waals surface area contributed by atoms with Crippen molar-refractivity contribution in [2.45, 2.75) is 13.3 Å². The van der Waals surface area contributed by atoms with E-state index >= 15 is 0 Å². The molecule has 0 bridgehead atoms. The molecule has 0 saturated heterocycles. The van der Waals surface area contributed by atoms with Crippen LogP contribution in [0.3, 0.4) is 0 Å². The molecule has 26 heavy (non-hydrogen) atoms. The van der Waals surface area contributed by atoms with Crippen LogP contribution in [0, 0.1) is 0 Å². The highest BCUT2D eigenvalue weighted by atomic mass is 16.2. The fraction of sp³-hybridized carbons (Fsp3) is 0.190. The normalized spacial score (nSPS) is 10.0. The number of anilines is 1. The molecular formula is C21H22N2O3. The molecule has 0 fully saturated rings. The Kier molecular flexibility index (Phi) is 6.85. The molecule has 0 aliphatic carbocycles. The number of amides is 2. The Balaban J connectivity index is 2.02. The van der Waals surface area contributed by atoms with Gasteiger partial charge in [0.2, 0.25) is 12.3 Å². The summed E-state index contributed by atoms with van der Waals surface area (Å²) in [5.74, 6) is -0.287. The van der Waals surface area contributed by atoms with E-state index < -0.39 is 0 Å². The number of benzene rings is 2. The summed E-state index contributed by atoms with van der Waals surface area (Å²) in [6.45, 7) is 6.09. The Bertz CT molecular complexity index is 800. The van der Waals surface area contributed by atoms with E-state index in [0.29, 0.717) is 41.9 Å². The number of nitrogens with zero attached hydrogens (tertiary/aromatic N) is 1. The summed E-state index contributed by atoms with van der Waals surface area (Å²) in [4.78, 5) is 37.0. The molecule has 0 saturated carbocycles. The van der Waals surface area contributed by atoms with Crippen LogP contribution in [0.25, 0.3) is 0 Å². The molecule has 0 aliphatic rings. The highest BCUT2D eigenvalue weighted by Crippen LogP contribution is 2.18. The van der Waals surface area contributed by atoms with Gasteiger partial charge in [-0.15, -0.1) is 0 Å². The zero-order valence-electron chi connectivity index (χ0n) is 14.8. The Hall–Kier alpha value is -3.21. The van der Waals surface area contributed by atoms with Crippen molar-refractivity contribution in [2.75, 3.05) is 18.0 Å². The smallest absolute Gasteiger partial charge is 0.246 e. The summed E-state index contributed by atoms with van der Waals surface area (Å²) in [5.41, 5.74) is 2.22. The molecule has 0 unspecified atom stereocenters. The summed E-state index contributed by atoms with van der Waals surface area (Å²) < 4.78 is 0. The van der Waals surface area contributed by atoms with Crippen molar-refractivity contribution in [1.82, 2.24) is 5.32 Å². The third-order valence-corrected chi connectivity index (χ3v) is 3.85. The Labute approximate surface area is 153 Å². The standard InChI is InChI=1S/C21H22N2O3/c1-16(2)21(26)22-12-7-13-23(15-24)19-11-6-10-18(14-19)20(25)17-8-4-3-5-9-17/h3-6,8-11,14-15H,1,7,12-13H2,2H3,(H,22,26). The zero-order valence-corrected chi connectivity index (χ0v) is 14.8. The molecule has 5 nitrogen and oxygen atoms in total. The quantitative estimate of drug-likeness (QED) is 0.327. The van der Waals surface area contributed by atoms with Gasteiger partial charge in [0, 0.05) is 35.5 Å². The summed E-state index contributed by atoms with van der Waals surface area (Å²) in [7, 11) is 0. The van der Waals surface area contributed by atoms with E-state index in [2.05, 4.69) is 11.9 Å². The van der Waals surface area contributed by atoms with Gasteiger partial charge in [-0.2, -0.15) is 0 Å². The van der Waals surface area contributed by atoms with Crippen molar-refractivity contribution in [1.29, 1.82) is 0 Å². The Morgan fingerprint density at radius 3 is 2.42 bits per heavy atom. The van der Waals surface area contributed by atoms with Crippen molar-refractivity contribution in [3.63, 3.8) is 0 Å². The average Bonchev–Trinajstić information content (AvgIpc) is 2.68. The number of hydrogen-bond donors (Lipinski definition) is 1. The van der Waals surface area contributed by atoms with Crippen molar-refractivity contribution in [3.8, 4) is 0 Å². The molecule has 2 amide bonds. The molecule has 0 heterocycles. The second-order valence-corrected chi connectivity index (χ2v) is 5.93. The van der Waals surface area contributed by atoms with E-state index in [1.54, 1.807) is 43.3 Å². The van der Waals surface area contributed by atoms with E-state index in [9.17, 15) is 14.4 Å². The van der Waals surface area contributed by atoms with Crippen LogP contribution < -0.4 is 10.2 Å². The third kappa shape index (κ3) is 5.14. The van der Waals surface area contributed by atoms with Gasteiger partial charge in [-0.25, -0.2) is 0 Å². The molecule has 0 spiro atoms. The van der Waals surface area contributed by atoms with E-state index in [-0.39, 0.29) is 11.7 Å². The van der Waals surface area contributed by atoms with Gasteiger partial charge < -0.3 is 10.2 Å². The van der Waals surface area contributed by atoms with Gasteiger partial charge in [0.15, 0.2) is 5.78 Å². The number of rotatable bonds is 9. The van der Waals surface area contributed by atoms with Crippen LogP contribution in [0.1, 0.15) is 29.3 Å². The van der Waals surface area contributed by atoms with Crippen molar-refractivity contribution in [2.24, 2.45) is 0 Å². The second kappa shape index (κ2) is 9.32. The predicted octanol–water partition coefficient (Wildman–Crippen LogP) is 2.96. The minimum absolute atomic E-state index is 0.0907. The molecule has 0 radical (unpaired) electrons. The Morgan fingerprint density at radius 2 is 1.77 bits per heavy atom. The van der Waals surface area contributed by atoms with Gasteiger partial charge in [0.1, 0.15) is 0 Å². The molecule has 2 rings (SSSR count). The monoisotopic (exact) mass is 350 g/mol. The second-order valence-electron chi connectivity index (χ2n) is 5.93. The van der Waals surface area contributed by atoms with Gasteiger partial charge in [-0.1, -0.05) is 49.0 Å². The topological polar surface area (TPSA) is 66.5 Å². The van der Waals surface area contributed by atoms with Crippen LogP contribution in [0.15, 0.2) is 66.7 Å².